The fourth-order valence-corrected chi connectivity index (χ4v) is 2.25. The van der Waals surface area contributed by atoms with Crippen LogP contribution in [-0.2, 0) is 13.6 Å². The molecule has 0 amide bonds. The standard InChI is InChI=1S/C12H10N6S/c1-17-7-14-11(16-17)6-18-10-4-8(5-13)2-3-9(10)15-12(18)19/h2-4,7H,6H2,1H3,(H,15,19). The first-order valence-corrected chi connectivity index (χ1v) is 6.05. The van der Waals surface area contributed by atoms with Gasteiger partial charge in [0.25, 0.3) is 0 Å². The molecule has 0 fully saturated rings. The van der Waals surface area contributed by atoms with Gasteiger partial charge in [-0.15, -0.1) is 0 Å². The number of benzene rings is 1. The van der Waals surface area contributed by atoms with Crippen LogP contribution in [0.2, 0.25) is 0 Å². The van der Waals surface area contributed by atoms with Gasteiger partial charge in [-0.25, -0.2) is 4.98 Å². The van der Waals surface area contributed by atoms with Gasteiger partial charge in [0.2, 0.25) is 0 Å². The zero-order valence-electron chi connectivity index (χ0n) is 10.2. The van der Waals surface area contributed by atoms with E-state index in [2.05, 4.69) is 21.1 Å². The number of nitrogens with zero attached hydrogens (tertiary/aromatic N) is 5. The normalized spacial score (nSPS) is 10.7. The van der Waals surface area contributed by atoms with E-state index in [-0.39, 0.29) is 0 Å². The molecule has 7 heteroatoms. The van der Waals surface area contributed by atoms with E-state index in [1.807, 2.05) is 23.7 Å². The van der Waals surface area contributed by atoms with Crippen LogP contribution in [0.1, 0.15) is 11.4 Å². The summed E-state index contributed by atoms with van der Waals surface area (Å²) in [4.78, 5) is 7.30. The first-order chi connectivity index (χ1) is 9.17. The van der Waals surface area contributed by atoms with Crippen molar-refractivity contribution >= 4 is 23.3 Å². The Hall–Kier alpha value is -2.46. The quantitative estimate of drug-likeness (QED) is 0.720. The molecule has 0 atom stereocenters. The second-order valence-electron chi connectivity index (χ2n) is 4.19. The molecule has 2 heterocycles. The summed E-state index contributed by atoms with van der Waals surface area (Å²) in [6, 6.07) is 7.55. The van der Waals surface area contributed by atoms with Crippen LogP contribution in [0.25, 0.3) is 11.0 Å². The third kappa shape index (κ3) is 2.02. The minimum absolute atomic E-state index is 0.481. The van der Waals surface area contributed by atoms with Crippen LogP contribution in [0.15, 0.2) is 24.5 Å². The van der Waals surface area contributed by atoms with Crippen molar-refractivity contribution in [1.29, 1.82) is 5.26 Å². The molecule has 3 aromatic rings. The lowest BCUT2D eigenvalue weighted by Gasteiger charge is -2.01. The predicted molar refractivity (Wildman–Crippen MR) is 71.9 cm³/mol. The van der Waals surface area contributed by atoms with Crippen LogP contribution in [0.5, 0.6) is 0 Å². The molecule has 0 aliphatic heterocycles. The molecule has 0 radical (unpaired) electrons. The van der Waals surface area contributed by atoms with Gasteiger partial charge in [0.15, 0.2) is 10.6 Å². The smallest absolute Gasteiger partial charge is 0.178 e. The third-order valence-electron chi connectivity index (χ3n) is 2.85. The molecular formula is C12H10N6S. The van der Waals surface area contributed by atoms with Crippen LogP contribution in [0.4, 0.5) is 0 Å². The summed E-state index contributed by atoms with van der Waals surface area (Å²) in [6.45, 7) is 0.481. The zero-order valence-corrected chi connectivity index (χ0v) is 11.0. The molecule has 3 rings (SSSR count). The number of hydrogen-bond acceptors (Lipinski definition) is 4. The lowest BCUT2D eigenvalue weighted by Crippen LogP contribution is -2.02. The number of aromatic amines is 1. The second-order valence-corrected chi connectivity index (χ2v) is 4.58. The van der Waals surface area contributed by atoms with Gasteiger partial charge in [0.05, 0.1) is 29.2 Å². The van der Waals surface area contributed by atoms with Crippen LogP contribution in [0, 0.1) is 16.1 Å². The van der Waals surface area contributed by atoms with Crippen molar-refractivity contribution in [3.8, 4) is 6.07 Å². The van der Waals surface area contributed by atoms with Crippen molar-refractivity contribution in [2.24, 2.45) is 7.05 Å². The number of aromatic nitrogens is 5. The van der Waals surface area contributed by atoms with Gasteiger partial charge in [-0.2, -0.15) is 10.4 Å². The summed E-state index contributed by atoms with van der Waals surface area (Å²) in [5.74, 6) is 0.682. The van der Waals surface area contributed by atoms with Gasteiger partial charge in [-0.1, -0.05) is 0 Å². The Bertz CT molecular complexity index is 847. The number of nitrogens with one attached hydrogen (secondary N) is 1. The van der Waals surface area contributed by atoms with Crippen molar-refractivity contribution < 1.29 is 0 Å². The van der Waals surface area contributed by atoms with Crippen molar-refractivity contribution in [3.63, 3.8) is 0 Å². The molecule has 0 aliphatic rings. The highest BCUT2D eigenvalue weighted by Gasteiger charge is 2.08. The number of imidazole rings is 1. The van der Waals surface area contributed by atoms with E-state index in [9.17, 15) is 0 Å². The number of fused-ring (bicyclic) bond motifs is 1. The molecule has 6 nitrogen and oxygen atoms in total. The van der Waals surface area contributed by atoms with E-state index >= 15 is 0 Å². The van der Waals surface area contributed by atoms with Crippen molar-refractivity contribution in [1.82, 2.24) is 24.3 Å². The Kier molecular flexibility index (Phi) is 2.65. The van der Waals surface area contributed by atoms with E-state index in [1.165, 1.54) is 0 Å². The maximum Gasteiger partial charge on any atom is 0.178 e. The fraction of sp³-hybridized carbons (Fsp3) is 0.167. The Morgan fingerprint density at radius 2 is 2.32 bits per heavy atom. The molecule has 19 heavy (non-hydrogen) atoms. The largest absolute Gasteiger partial charge is 0.331 e. The summed E-state index contributed by atoms with van der Waals surface area (Å²) >= 11 is 5.30. The Labute approximate surface area is 113 Å². The summed E-state index contributed by atoms with van der Waals surface area (Å²) in [7, 11) is 1.82. The monoisotopic (exact) mass is 270 g/mol. The Balaban J connectivity index is 2.14. The Morgan fingerprint density at radius 1 is 1.47 bits per heavy atom. The van der Waals surface area contributed by atoms with Gasteiger partial charge < -0.3 is 9.55 Å². The van der Waals surface area contributed by atoms with Gasteiger partial charge in [0.1, 0.15) is 6.33 Å². The molecule has 0 bridgehead atoms. The van der Waals surface area contributed by atoms with E-state index in [4.69, 9.17) is 17.5 Å². The highest BCUT2D eigenvalue weighted by Crippen LogP contribution is 2.16. The van der Waals surface area contributed by atoms with Crippen molar-refractivity contribution in [2.75, 3.05) is 0 Å². The average Bonchev–Trinajstić information content (AvgIpc) is 2.94. The molecule has 94 valence electrons. The molecule has 0 saturated heterocycles. The summed E-state index contributed by atoms with van der Waals surface area (Å²) in [5, 5.41) is 13.2. The zero-order chi connectivity index (χ0) is 13.4. The number of nitriles is 1. The highest BCUT2D eigenvalue weighted by molar-refractivity contribution is 7.71. The number of hydrogen-bond donors (Lipinski definition) is 1. The molecule has 0 saturated carbocycles. The van der Waals surface area contributed by atoms with E-state index in [1.54, 1.807) is 17.1 Å². The summed E-state index contributed by atoms with van der Waals surface area (Å²) in [6.07, 6.45) is 1.65. The SMILES string of the molecule is Cn1cnc(Cn2c(=S)[nH]c3ccc(C#N)cc32)n1. The summed E-state index contributed by atoms with van der Waals surface area (Å²) < 4.78 is 4.13. The van der Waals surface area contributed by atoms with E-state index < -0.39 is 0 Å². The van der Waals surface area contributed by atoms with Crippen LogP contribution in [0.3, 0.4) is 0 Å². The first kappa shape index (κ1) is 11.6. The number of aryl methyl sites for hydroxylation is 1. The average molecular weight is 270 g/mol. The van der Waals surface area contributed by atoms with Gasteiger partial charge >= 0.3 is 0 Å². The minimum atomic E-state index is 0.481. The van der Waals surface area contributed by atoms with Crippen molar-refractivity contribution in [3.05, 3.63) is 40.7 Å². The second kappa shape index (κ2) is 4.33. The van der Waals surface area contributed by atoms with Gasteiger partial charge in [-0.3, -0.25) is 4.68 Å². The first-order valence-electron chi connectivity index (χ1n) is 5.64. The minimum Gasteiger partial charge on any atom is -0.331 e. The lowest BCUT2D eigenvalue weighted by atomic mass is 10.2. The van der Waals surface area contributed by atoms with Gasteiger partial charge in [-0.05, 0) is 30.4 Å². The third-order valence-corrected chi connectivity index (χ3v) is 3.17. The maximum absolute atomic E-state index is 8.96. The van der Waals surface area contributed by atoms with E-state index in [0.29, 0.717) is 22.7 Å². The van der Waals surface area contributed by atoms with E-state index in [0.717, 1.165) is 11.0 Å². The molecule has 2 aromatic heterocycles. The van der Waals surface area contributed by atoms with Crippen molar-refractivity contribution in [2.45, 2.75) is 6.54 Å². The highest BCUT2D eigenvalue weighted by atomic mass is 32.1. The van der Waals surface area contributed by atoms with Gasteiger partial charge in [0, 0.05) is 7.05 Å². The molecule has 1 N–H and O–H groups in total. The number of H-pyrrole nitrogens is 1. The fourth-order valence-electron chi connectivity index (χ4n) is 1.98. The van der Waals surface area contributed by atoms with Crippen LogP contribution in [-0.4, -0.2) is 24.3 Å². The number of rotatable bonds is 2. The summed E-state index contributed by atoms with van der Waals surface area (Å²) in [5.41, 5.74) is 2.39. The molecule has 0 spiro atoms. The maximum atomic E-state index is 8.96. The van der Waals surface area contributed by atoms with Crippen LogP contribution < -0.4 is 0 Å². The Morgan fingerprint density at radius 3 is 3.00 bits per heavy atom. The topological polar surface area (TPSA) is 75.2 Å². The molecule has 0 unspecified atom stereocenters. The predicted octanol–water partition coefficient (Wildman–Crippen LogP) is 1.75. The molecule has 0 aliphatic carbocycles. The molecular weight excluding hydrogens is 260 g/mol. The van der Waals surface area contributed by atoms with Crippen LogP contribution >= 0.6 is 12.2 Å². The lowest BCUT2D eigenvalue weighted by molar-refractivity contribution is 0.707. The molecule has 1 aromatic carbocycles.